The van der Waals surface area contributed by atoms with Crippen molar-refractivity contribution in [3.8, 4) is 11.5 Å². The summed E-state index contributed by atoms with van der Waals surface area (Å²) in [7, 11) is -3.44. The summed E-state index contributed by atoms with van der Waals surface area (Å²) >= 11 is 0. The highest BCUT2D eigenvalue weighted by molar-refractivity contribution is 7.90. The van der Waals surface area contributed by atoms with Crippen molar-refractivity contribution in [2.24, 2.45) is 0 Å². The Balaban J connectivity index is 2.10. The fourth-order valence-electron chi connectivity index (χ4n) is 2.20. The van der Waals surface area contributed by atoms with Crippen LogP contribution in [0.1, 0.15) is 11.1 Å². The molecule has 0 atom stereocenters. The lowest BCUT2D eigenvalue weighted by atomic mass is 10.1. The molecule has 24 heavy (non-hydrogen) atoms. The Labute approximate surface area is 141 Å². The lowest BCUT2D eigenvalue weighted by Gasteiger charge is -2.13. The van der Waals surface area contributed by atoms with Crippen LogP contribution < -0.4 is 10.1 Å². The Hall–Kier alpha value is -2.54. The minimum absolute atomic E-state index is 0.00580. The number of benzene rings is 2. The highest BCUT2D eigenvalue weighted by Gasteiger charge is 2.13. The molecule has 0 spiro atoms. The van der Waals surface area contributed by atoms with Gasteiger partial charge in [0.25, 0.3) is 5.91 Å². The Morgan fingerprint density at radius 2 is 1.79 bits per heavy atom. The van der Waals surface area contributed by atoms with E-state index in [0.29, 0.717) is 5.75 Å². The van der Waals surface area contributed by atoms with Gasteiger partial charge in [0, 0.05) is 6.26 Å². The van der Waals surface area contributed by atoms with Crippen molar-refractivity contribution in [1.82, 2.24) is 0 Å². The topological polar surface area (TPSA) is 92.7 Å². The molecule has 0 aliphatic rings. The van der Waals surface area contributed by atoms with Crippen LogP contribution >= 0.6 is 0 Å². The number of para-hydroxylation sites is 1. The van der Waals surface area contributed by atoms with Gasteiger partial charge in [0.15, 0.2) is 16.4 Å². The van der Waals surface area contributed by atoms with Gasteiger partial charge in [0.1, 0.15) is 11.5 Å². The third-order valence-corrected chi connectivity index (χ3v) is 4.54. The van der Waals surface area contributed by atoms with Gasteiger partial charge in [-0.2, -0.15) is 0 Å². The smallest absolute Gasteiger partial charge is 0.262 e. The molecule has 128 valence electrons. The summed E-state index contributed by atoms with van der Waals surface area (Å²) in [4.78, 5) is 12.0. The second-order valence-electron chi connectivity index (χ2n) is 5.51. The van der Waals surface area contributed by atoms with Crippen molar-refractivity contribution in [2.75, 3.05) is 18.2 Å². The van der Waals surface area contributed by atoms with Gasteiger partial charge in [-0.3, -0.25) is 4.79 Å². The maximum atomic E-state index is 12.0. The van der Waals surface area contributed by atoms with E-state index in [1.54, 1.807) is 0 Å². The Morgan fingerprint density at radius 3 is 2.38 bits per heavy atom. The molecule has 0 unspecified atom stereocenters. The first-order valence-corrected chi connectivity index (χ1v) is 9.09. The maximum Gasteiger partial charge on any atom is 0.262 e. The number of carbonyl (C=O) groups excluding carboxylic acids is 1. The predicted molar refractivity (Wildman–Crippen MR) is 91.3 cm³/mol. The minimum atomic E-state index is -3.44. The molecule has 0 radical (unpaired) electrons. The molecule has 2 N–H and O–H groups in total. The molecule has 7 heteroatoms. The van der Waals surface area contributed by atoms with Crippen LogP contribution in [0.15, 0.2) is 41.3 Å². The van der Waals surface area contributed by atoms with E-state index in [1.165, 1.54) is 18.2 Å². The summed E-state index contributed by atoms with van der Waals surface area (Å²) in [5, 5.41) is 12.2. The largest absolute Gasteiger partial charge is 0.506 e. The molecule has 0 bridgehead atoms. The molecule has 1 amide bonds. The average Bonchev–Trinajstić information content (AvgIpc) is 2.48. The number of rotatable bonds is 5. The molecule has 2 aromatic rings. The highest BCUT2D eigenvalue weighted by atomic mass is 32.2. The number of ether oxygens (including phenoxy) is 1. The third kappa shape index (κ3) is 4.26. The van der Waals surface area contributed by atoms with Crippen LogP contribution in [0.3, 0.4) is 0 Å². The number of sulfone groups is 1. The van der Waals surface area contributed by atoms with Gasteiger partial charge in [0.2, 0.25) is 0 Å². The summed E-state index contributed by atoms with van der Waals surface area (Å²) in [6.45, 7) is 3.50. The first kappa shape index (κ1) is 17.8. The molecule has 0 saturated heterocycles. The molecule has 0 saturated carbocycles. The highest BCUT2D eigenvalue weighted by Crippen LogP contribution is 2.27. The summed E-state index contributed by atoms with van der Waals surface area (Å²) in [6.07, 6.45) is 1.05. The number of anilines is 1. The quantitative estimate of drug-likeness (QED) is 0.809. The van der Waals surface area contributed by atoms with E-state index in [9.17, 15) is 18.3 Å². The van der Waals surface area contributed by atoms with Gasteiger partial charge in [-0.1, -0.05) is 18.2 Å². The van der Waals surface area contributed by atoms with Crippen molar-refractivity contribution in [3.63, 3.8) is 0 Å². The monoisotopic (exact) mass is 349 g/mol. The Morgan fingerprint density at radius 1 is 1.17 bits per heavy atom. The van der Waals surface area contributed by atoms with Gasteiger partial charge >= 0.3 is 0 Å². The molecule has 0 fully saturated rings. The zero-order chi connectivity index (χ0) is 17.9. The molecule has 0 aliphatic heterocycles. The zero-order valence-corrected chi connectivity index (χ0v) is 14.5. The number of phenols is 1. The molecule has 0 heterocycles. The number of amides is 1. The van der Waals surface area contributed by atoms with Crippen LogP contribution in [0.25, 0.3) is 0 Å². The van der Waals surface area contributed by atoms with Crippen LogP contribution in [0.2, 0.25) is 0 Å². The van der Waals surface area contributed by atoms with E-state index >= 15 is 0 Å². The maximum absolute atomic E-state index is 12.0. The van der Waals surface area contributed by atoms with E-state index in [0.717, 1.165) is 17.4 Å². The number of nitrogens with one attached hydrogen (secondary N) is 1. The number of phenolic OH excluding ortho intramolecular Hbond substituents is 1. The van der Waals surface area contributed by atoms with Gasteiger partial charge in [-0.15, -0.1) is 0 Å². The Bertz CT molecular complexity index is 854. The normalized spacial score (nSPS) is 11.1. The summed E-state index contributed by atoms with van der Waals surface area (Å²) in [5.41, 5.74) is 1.84. The van der Waals surface area contributed by atoms with Crippen molar-refractivity contribution in [3.05, 3.63) is 47.5 Å². The molecule has 0 aromatic heterocycles. The number of hydrogen-bond donors (Lipinski definition) is 2. The summed E-state index contributed by atoms with van der Waals surface area (Å²) in [6, 6.07) is 9.35. The molecule has 2 rings (SSSR count). The minimum Gasteiger partial charge on any atom is -0.506 e. The van der Waals surface area contributed by atoms with Gasteiger partial charge in [-0.05, 0) is 43.2 Å². The van der Waals surface area contributed by atoms with E-state index in [1.807, 2.05) is 32.0 Å². The molecular weight excluding hydrogens is 330 g/mol. The second-order valence-corrected chi connectivity index (χ2v) is 7.52. The van der Waals surface area contributed by atoms with Crippen molar-refractivity contribution in [2.45, 2.75) is 18.7 Å². The Kier molecular flexibility index (Phi) is 5.14. The first-order valence-electron chi connectivity index (χ1n) is 7.20. The predicted octanol–water partition coefficient (Wildman–Crippen LogP) is 2.43. The van der Waals surface area contributed by atoms with Crippen molar-refractivity contribution >= 4 is 21.4 Å². The fourth-order valence-corrected chi connectivity index (χ4v) is 2.84. The van der Waals surface area contributed by atoms with Crippen molar-refractivity contribution in [1.29, 1.82) is 0 Å². The lowest BCUT2D eigenvalue weighted by molar-refractivity contribution is -0.118. The average molecular weight is 349 g/mol. The van der Waals surface area contributed by atoms with Gasteiger partial charge in [-0.25, -0.2) is 8.42 Å². The van der Waals surface area contributed by atoms with E-state index in [4.69, 9.17) is 4.74 Å². The number of aryl methyl sites for hydroxylation is 2. The number of hydrogen-bond acceptors (Lipinski definition) is 5. The van der Waals surface area contributed by atoms with E-state index < -0.39 is 15.7 Å². The third-order valence-electron chi connectivity index (χ3n) is 3.43. The van der Waals surface area contributed by atoms with Crippen LogP contribution in [0.4, 0.5) is 5.69 Å². The fraction of sp³-hybridized carbons (Fsp3) is 0.235. The van der Waals surface area contributed by atoms with E-state index in [-0.39, 0.29) is 22.9 Å². The van der Waals surface area contributed by atoms with Crippen molar-refractivity contribution < 1.29 is 23.1 Å². The SMILES string of the molecule is Cc1cccc(C)c1OCC(=O)Nc1cc(S(C)(=O)=O)ccc1O. The zero-order valence-electron chi connectivity index (χ0n) is 13.7. The van der Waals surface area contributed by atoms with Gasteiger partial charge < -0.3 is 15.2 Å². The molecular formula is C17H19NO5S. The van der Waals surface area contributed by atoms with E-state index in [2.05, 4.69) is 5.32 Å². The summed E-state index contributed by atoms with van der Waals surface area (Å²) in [5.74, 6) is -0.0943. The molecule has 6 nitrogen and oxygen atoms in total. The standard InChI is InChI=1S/C17H19NO5S/c1-11-5-4-6-12(2)17(11)23-10-16(20)18-14-9-13(24(3,21)22)7-8-15(14)19/h4-9,19H,10H2,1-3H3,(H,18,20). The second kappa shape index (κ2) is 6.92. The van der Waals surface area contributed by atoms with Gasteiger partial charge in [0.05, 0.1) is 10.6 Å². The van der Waals surface area contributed by atoms with Crippen LogP contribution in [0.5, 0.6) is 11.5 Å². The lowest BCUT2D eigenvalue weighted by Crippen LogP contribution is -2.21. The number of aromatic hydroxyl groups is 1. The summed E-state index contributed by atoms with van der Waals surface area (Å²) < 4.78 is 28.6. The molecule has 0 aliphatic carbocycles. The van der Waals surface area contributed by atoms with Crippen LogP contribution in [0, 0.1) is 13.8 Å². The first-order chi connectivity index (χ1) is 11.2. The number of carbonyl (C=O) groups is 1. The van der Waals surface area contributed by atoms with Crippen LogP contribution in [-0.4, -0.2) is 32.3 Å². The van der Waals surface area contributed by atoms with Crippen LogP contribution in [-0.2, 0) is 14.6 Å². The molecule has 2 aromatic carbocycles.